The number of carbonyl (C=O) groups excluding carboxylic acids is 1. The zero-order chi connectivity index (χ0) is 13.3. The fourth-order valence-corrected chi connectivity index (χ4v) is 2.18. The zero-order valence-electron chi connectivity index (χ0n) is 10.6. The average molecular weight is 270 g/mol. The van der Waals surface area contributed by atoms with Crippen molar-refractivity contribution in [3.63, 3.8) is 0 Å². The van der Waals surface area contributed by atoms with Crippen LogP contribution < -0.4 is 0 Å². The van der Waals surface area contributed by atoms with Gasteiger partial charge in [-0.05, 0) is 25.0 Å². The predicted molar refractivity (Wildman–Crippen MR) is 69.8 cm³/mol. The number of rotatable bonds is 4. The van der Waals surface area contributed by atoms with E-state index in [1.807, 2.05) is 13.8 Å². The predicted octanol–water partition coefficient (Wildman–Crippen LogP) is 3.63. The fourth-order valence-electron chi connectivity index (χ4n) is 1.96. The topological polar surface area (TPSA) is 20.3 Å². The van der Waals surface area contributed by atoms with Crippen molar-refractivity contribution in [3.8, 4) is 0 Å². The van der Waals surface area contributed by atoms with E-state index >= 15 is 0 Å². The van der Waals surface area contributed by atoms with Crippen LogP contribution in [-0.2, 0) is 11.3 Å². The first-order valence-corrected chi connectivity index (χ1v) is 6.62. The van der Waals surface area contributed by atoms with Crippen LogP contribution in [0.2, 0.25) is 5.02 Å². The van der Waals surface area contributed by atoms with Gasteiger partial charge in [0, 0.05) is 22.5 Å². The number of hydrogen-bond donors (Lipinski definition) is 0. The first-order valence-electron chi connectivity index (χ1n) is 6.24. The van der Waals surface area contributed by atoms with Gasteiger partial charge in [-0.25, -0.2) is 4.39 Å². The third kappa shape index (κ3) is 2.83. The molecular formula is C14H17ClFNO. The lowest BCUT2D eigenvalue weighted by atomic mass is 10.1. The Morgan fingerprint density at radius 1 is 1.50 bits per heavy atom. The smallest absolute Gasteiger partial charge is 0.225 e. The molecule has 0 N–H and O–H groups in total. The Labute approximate surface area is 112 Å². The van der Waals surface area contributed by atoms with E-state index in [0.29, 0.717) is 10.6 Å². The van der Waals surface area contributed by atoms with Crippen LogP contribution >= 0.6 is 11.6 Å². The van der Waals surface area contributed by atoms with Crippen LogP contribution in [0.15, 0.2) is 18.2 Å². The summed E-state index contributed by atoms with van der Waals surface area (Å²) < 4.78 is 13.7. The molecule has 1 saturated carbocycles. The Hall–Kier alpha value is -1.09. The summed E-state index contributed by atoms with van der Waals surface area (Å²) in [5, 5.41) is 0.386. The number of carbonyl (C=O) groups is 1. The Morgan fingerprint density at radius 3 is 2.67 bits per heavy atom. The highest BCUT2D eigenvalue weighted by atomic mass is 35.5. The van der Waals surface area contributed by atoms with E-state index < -0.39 is 0 Å². The molecule has 1 amide bonds. The minimum atomic E-state index is -0.343. The summed E-state index contributed by atoms with van der Waals surface area (Å²) in [6.45, 7) is 3.99. The summed E-state index contributed by atoms with van der Waals surface area (Å²) in [4.78, 5) is 13.9. The Morgan fingerprint density at radius 2 is 2.17 bits per heavy atom. The van der Waals surface area contributed by atoms with E-state index in [1.54, 1.807) is 17.0 Å². The molecule has 0 aromatic heterocycles. The molecule has 0 aliphatic heterocycles. The number of hydrogen-bond acceptors (Lipinski definition) is 1. The maximum Gasteiger partial charge on any atom is 0.225 e. The van der Waals surface area contributed by atoms with Gasteiger partial charge < -0.3 is 4.90 Å². The SMILES string of the molecule is CC(C)C(=O)N(Cc1c(F)cccc1Cl)C1CC1. The van der Waals surface area contributed by atoms with E-state index in [1.165, 1.54) is 6.07 Å². The number of amides is 1. The summed E-state index contributed by atoms with van der Waals surface area (Å²) in [6, 6.07) is 4.87. The van der Waals surface area contributed by atoms with E-state index in [4.69, 9.17) is 11.6 Å². The normalized spacial score (nSPS) is 14.9. The Balaban J connectivity index is 2.21. The largest absolute Gasteiger partial charge is 0.335 e. The molecule has 0 heterocycles. The summed E-state index contributed by atoms with van der Waals surface area (Å²) in [5.41, 5.74) is 0.417. The molecule has 98 valence electrons. The highest BCUT2D eigenvalue weighted by Gasteiger charge is 2.34. The van der Waals surface area contributed by atoms with Crippen LogP contribution in [0.1, 0.15) is 32.3 Å². The number of nitrogens with zero attached hydrogens (tertiary/aromatic N) is 1. The minimum absolute atomic E-state index is 0.0665. The lowest BCUT2D eigenvalue weighted by Crippen LogP contribution is -2.36. The summed E-state index contributed by atoms with van der Waals surface area (Å²) >= 11 is 6.00. The maximum atomic E-state index is 13.7. The summed E-state index contributed by atoms with van der Waals surface area (Å²) in [7, 11) is 0. The van der Waals surface area contributed by atoms with Crippen molar-refractivity contribution in [3.05, 3.63) is 34.6 Å². The quantitative estimate of drug-likeness (QED) is 0.817. The lowest BCUT2D eigenvalue weighted by molar-refractivity contribution is -0.135. The van der Waals surface area contributed by atoms with Crippen LogP contribution in [-0.4, -0.2) is 16.8 Å². The number of halogens is 2. The van der Waals surface area contributed by atoms with Crippen LogP contribution in [0.25, 0.3) is 0 Å². The van der Waals surface area contributed by atoms with Gasteiger partial charge in [0.1, 0.15) is 5.82 Å². The highest BCUT2D eigenvalue weighted by molar-refractivity contribution is 6.31. The van der Waals surface area contributed by atoms with E-state index in [9.17, 15) is 9.18 Å². The molecule has 18 heavy (non-hydrogen) atoms. The lowest BCUT2D eigenvalue weighted by Gasteiger charge is -2.25. The van der Waals surface area contributed by atoms with Crippen LogP contribution in [0.3, 0.4) is 0 Å². The fraction of sp³-hybridized carbons (Fsp3) is 0.500. The van der Waals surface area contributed by atoms with Crippen molar-refractivity contribution in [1.29, 1.82) is 0 Å². The highest BCUT2D eigenvalue weighted by Crippen LogP contribution is 2.31. The van der Waals surface area contributed by atoms with Gasteiger partial charge in [-0.15, -0.1) is 0 Å². The second-order valence-corrected chi connectivity index (χ2v) is 5.46. The van der Waals surface area contributed by atoms with Gasteiger partial charge in [-0.2, -0.15) is 0 Å². The maximum absolute atomic E-state index is 13.7. The van der Waals surface area contributed by atoms with Gasteiger partial charge in [-0.3, -0.25) is 4.79 Å². The van der Waals surface area contributed by atoms with Crippen molar-refractivity contribution >= 4 is 17.5 Å². The second-order valence-electron chi connectivity index (χ2n) is 5.05. The van der Waals surface area contributed by atoms with Gasteiger partial charge in [0.15, 0.2) is 0 Å². The third-order valence-corrected chi connectivity index (χ3v) is 3.51. The summed E-state index contributed by atoms with van der Waals surface area (Å²) in [6.07, 6.45) is 2.01. The van der Waals surface area contributed by atoms with Gasteiger partial charge in [0.25, 0.3) is 0 Å². The zero-order valence-corrected chi connectivity index (χ0v) is 11.4. The molecule has 1 aliphatic rings. The molecule has 0 atom stereocenters. The molecule has 0 bridgehead atoms. The molecule has 0 radical (unpaired) electrons. The van der Waals surface area contributed by atoms with Crippen LogP contribution in [0, 0.1) is 11.7 Å². The molecule has 1 aliphatic carbocycles. The van der Waals surface area contributed by atoms with E-state index in [-0.39, 0.29) is 30.2 Å². The molecule has 0 spiro atoms. The van der Waals surface area contributed by atoms with Gasteiger partial charge >= 0.3 is 0 Å². The molecule has 1 fully saturated rings. The minimum Gasteiger partial charge on any atom is -0.335 e. The standard InChI is InChI=1S/C14H17ClFNO/c1-9(2)14(18)17(10-6-7-10)8-11-12(15)4-3-5-13(11)16/h3-5,9-10H,6-8H2,1-2H3. The molecular weight excluding hydrogens is 253 g/mol. The van der Waals surface area contributed by atoms with Crippen molar-refractivity contribution in [2.24, 2.45) is 5.92 Å². The Kier molecular flexibility index (Phi) is 3.91. The van der Waals surface area contributed by atoms with Crippen LogP contribution in [0.4, 0.5) is 4.39 Å². The molecule has 1 aromatic carbocycles. The van der Waals surface area contributed by atoms with Crippen molar-refractivity contribution in [2.45, 2.75) is 39.3 Å². The summed E-state index contributed by atoms with van der Waals surface area (Å²) in [5.74, 6) is -0.349. The van der Waals surface area contributed by atoms with Crippen molar-refractivity contribution in [2.75, 3.05) is 0 Å². The Bertz CT molecular complexity index is 437. The van der Waals surface area contributed by atoms with Crippen LogP contribution in [0.5, 0.6) is 0 Å². The molecule has 2 rings (SSSR count). The van der Waals surface area contributed by atoms with E-state index in [2.05, 4.69) is 0 Å². The number of benzene rings is 1. The average Bonchev–Trinajstić information content (AvgIpc) is 3.12. The molecule has 0 unspecified atom stereocenters. The first kappa shape index (κ1) is 13.3. The molecule has 0 saturated heterocycles. The molecule has 1 aromatic rings. The third-order valence-electron chi connectivity index (χ3n) is 3.15. The molecule has 4 heteroatoms. The monoisotopic (exact) mass is 269 g/mol. The second kappa shape index (κ2) is 5.27. The van der Waals surface area contributed by atoms with Gasteiger partial charge in [0.05, 0.1) is 6.54 Å². The first-order chi connectivity index (χ1) is 8.50. The van der Waals surface area contributed by atoms with Gasteiger partial charge in [0.2, 0.25) is 5.91 Å². The van der Waals surface area contributed by atoms with Gasteiger partial charge in [-0.1, -0.05) is 31.5 Å². The molecule has 2 nitrogen and oxygen atoms in total. The van der Waals surface area contributed by atoms with Crippen molar-refractivity contribution in [1.82, 2.24) is 4.90 Å². The van der Waals surface area contributed by atoms with E-state index in [0.717, 1.165) is 12.8 Å². The van der Waals surface area contributed by atoms with Crippen molar-refractivity contribution < 1.29 is 9.18 Å².